The van der Waals surface area contributed by atoms with E-state index in [9.17, 15) is 9.18 Å². The van der Waals surface area contributed by atoms with Gasteiger partial charge in [-0.3, -0.25) is 9.69 Å². The number of methoxy groups -OCH3 is 1. The average molecular weight is 349 g/mol. The van der Waals surface area contributed by atoms with Crippen LogP contribution >= 0.6 is 0 Å². The van der Waals surface area contributed by atoms with E-state index in [-0.39, 0.29) is 29.4 Å². The molecule has 0 spiro atoms. The maximum Gasteiger partial charge on any atom is 0.225 e. The number of benzene rings is 1. The molecule has 1 heterocycles. The number of amides is 1. The number of hydrogen-bond donors (Lipinski definition) is 1. The SMILES string of the molecule is COc1ccc(CN2CCN(C(=O)[C@@H]3CCC[C@H](N)C3)CC2)cc1F. The second-order valence-electron chi connectivity index (χ2n) is 7.19. The number of halogens is 1. The maximum absolute atomic E-state index is 13.8. The van der Waals surface area contributed by atoms with Crippen molar-refractivity contribution in [1.82, 2.24) is 9.80 Å². The van der Waals surface area contributed by atoms with Crippen LogP contribution in [0.3, 0.4) is 0 Å². The Morgan fingerprint density at radius 1 is 1.28 bits per heavy atom. The van der Waals surface area contributed by atoms with E-state index in [1.54, 1.807) is 6.07 Å². The zero-order chi connectivity index (χ0) is 17.8. The number of ether oxygens (including phenoxy) is 1. The number of rotatable bonds is 4. The molecule has 25 heavy (non-hydrogen) atoms. The molecular formula is C19H28FN3O2. The van der Waals surface area contributed by atoms with Gasteiger partial charge in [-0.1, -0.05) is 12.5 Å². The van der Waals surface area contributed by atoms with Gasteiger partial charge in [0, 0.05) is 44.7 Å². The summed E-state index contributed by atoms with van der Waals surface area (Å²) in [5.74, 6) is 0.309. The molecule has 138 valence electrons. The summed E-state index contributed by atoms with van der Waals surface area (Å²) in [5, 5.41) is 0. The molecule has 2 fully saturated rings. The Bertz CT molecular complexity index is 602. The third kappa shape index (κ3) is 4.50. The number of carbonyl (C=O) groups excluding carboxylic acids is 1. The van der Waals surface area contributed by atoms with Gasteiger partial charge < -0.3 is 15.4 Å². The Labute approximate surface area is 148 Å². The molecule has 1 aromatic rings. The van der Waals surface area contributed by atoms with Crippen LogP contribution in [0.2, 0.25) is 0 Å². The lowest BCUT2D eigenvalue weighted by atomic mass is 9.85. The van der Waals surface area contributed by atoms with Gasteiger partial charge in [0.2, 0.25) is 5.91 Å². The number of hydrogen-bond acceptors (Lipinski definition) is 4. The van der Waals surface area contributed by atoms with Crippen molar-refractivity contribution in [3.8, 4) is 5.75 Å². The summed E-state index contributed by atoms with van der Waals surface area (Å²) in [6.07, 6.45) is 3.89. The minimum Gasteiger partial charge on any atom is -0.494 e. The molecule has 1 amide bonds. The molecule has 6 heteroatoms. The first kappa shape index (κ1) is 18.1. The number of nitrogens with two attached hydrogens (primary N) is 1. The lowest BCUT2D eigenvalue weighted by molar-refractivity contribution is -0.138. The van der Waals surface area contributed by atoms with Gasteiger partial charge in [-0.15, -0.1) is 0 Å². The standard InChI is InChI=1S/C19H28FN3O2/c1-25-18-6-5-14(11-17(18)20)13-22-7-9-23(10-8-22)19(24)15-3-2-4-16(21)12-15/h5-6,11,15-16H,2-4,7-10,12-13,21H2,1H3/t15-,16+/m1/s1. The highest BCUT2D eigenvalue weighted by atomic mass is 19.1. The van der Waals surface area contributed by atoms with Crippen LogP contribution < -0.4 is 10.5 Å². The van der Waals surface area contributed by atoms with Crippen LogP contribution in [0.1, 0.15) is 31.2 Å². The first-order valence-corrected chi connectivity index (χ1v) is 9.16. The second-order valence-corrected chi connectivity index (χ2v) is 7.19. The normalized spacial score (nSPS) is 25.0. The molecule has 2 aliphatic rings. The number of carbonyl (C=O) groups is 1. The zero-order valence-electron chi connectivity index (χ0n) is 14.9. The van der Waals surface area contributed by atoms with E-state index in [2.05, 4.69) is 4.90 Å². The van der Waals surface area contributed by atoms with Gasteiger partial charge in [-0.25, -0.2) is 4.39 Å². The highest BCUT2D eigenvalue weighted by molar-refractivity contribution is 5.79. The minimum atomic E-state index is -0.331. The predicted molar refractivity (Wildman–Crippen MR) is 94.7 cm³/mol. The molecule has 0 bridgehead atoms. The van der Waals surface area contributed by atoms with Gasteiger partial charge in [0.1, 0.15) is 0 Å². The summed E-state index contributed by atoms with van der Waals surface area (Å²) >= 11 is 0. The molecule has 2 atom stereocenters. The fourth-order valence-electron chi connectivity index (χ4n) is 3.90. The average Bonchev–Trinajstić information content (AvgIpc) is 2.62. The van der Waals surface area contributed by atoms with E-state index in [0.717, 1.165) is 57.4 Å². The highest BCUT2D eigenvalue weighted by Crippen LogP contribution is 2.25. The van der Waals surface area contributed by atoms with Crippen molar-refractivity contribution < 1.29 is 13.9 Å². The molecule has 5 nitrogen and oxygen atoms in total. The van der Waals surface area contributed by atoms with Gasteiger partial charge in [0.05, 0.1) is 7.11 Å². The van der Waals surface area contributed by atoms with Crippen molar-refractivity contribution in [2.75, 3.05) is 33.3 Å². The molecule has 0 aromatic heterocycles. The smallest absolute Gasteiger partial charge is 0.225 e. The number of nitrogens with zero attached hydrogens (tertiary/aromatic N) is 2. The predicted octanol–water partition coefficient (Wildman–Crippen LogP) is 2.00. The van der Waals surface area contributed by atoms with Crippen LogP contribution in [0.4, 0.5) is 4.39 Å². The van der Waals surface area contributed by atoms with E-state index in [1.807, 2.05) is 11.0 Å². The molecule has 1 aromatic carbocycles. The Morgan fingerprint density at radius 2 is 2.04 bits per heavy atom. The second kappa shape index (κ2) is 8.15. The topological polar surface area (TPSA) is 58.8 Å². The lowest BCUT2D eigenvalue weighted by Crippen LogP contribution is -2.50. The Morgan fingerprint density at radius 3 is 2.68 bits per heavy atom. The Balaban J connectivity index is 1.50. The fraction of sp³-hybridized carbons (Fsp3) is 0.632. The Kier molecular flexibility index (Phi) is 5.91. The zero-order valence-corrected chi connectivity index (χ0v) is 14.9. The summed E-state index contributed by atoms with van der Waals surface area (Å²) in [5.41, 5.74) is 6.94. The summed E-state index contributed by atoms with van der Waals surface area (Å²) < 4.78 is 18.8. The maximum atomic E-state index is 13.8. The van der Waals surface area contributed by atoms with Crippen molar-refractivity contribution in [2.24, 2.45) is 11.7 Å². The molecular weight excluding hydrogens is 321 g/mol. The quantitative estimate of drug-likeness (QED) is 0.903. The summed E-state index contributed by atoms with van der Waals surface area (Å²) in [4.78, 5) is 16.9. The minimum absolute atomic E-state index is 0.103. The van der Waals surface area contributed by atoms with Crippen LogP contribution in [-0.2, 0) is 11.3 Å². The summed E-state index contributed by atoms with van der Waals surface area (Å²) in [7, 11) is 1.47. The van der Waals surface area contributed by atoms with Crippen molar-refractivity contribution >= 4 is 5.91 Å². The lowest BCUT2D eigenvalue weighted by Gasteiger charge is -2.37. The van der Waals surface area contributed by atoms with Gasteiger partial charge in [-0.2, -0.15) is 0 Å². The first-order chi connectivity index (χ1) is 12.1. The molecule has 3 rings (SSSR count). The van der Waals surface area contributed by atoms with Crippen LogP contribution in [0.25, 0.3) is 0 Å². The third-order valence-electron chi connectivity index (χ3n) is 5.37. The van der Waals surface area contributed by atoms with Crippen LogP contribution in [0, 0.1) is 11.7 Å². The van der Waals surface area contributed by atoms with E-state index in [1.165, 1.54) is 13.2 Å². The first-order valence-electron chi connectivity index (χ1n) is 9.16. The Hall–Kier alpha value is -1.66. The van der Waals surface area contributed by atoms with Gasteiger partial charge in [0.15, 0.2) is 11.6 Å². The molecule has 1 aliphatic carbocycles. The molecule has 1 aliphatic heterocycles. The molecule has 0 radical (unpaired) electrons. The summed E-state index contributed by atoms with van der Waals surface area (Å²) in [6, 6.07) is 5.26. The summed E-state index contributed by atoms with van der Waals surface area (Å²) in [6.45, 7) is 3.81. The van der Waals surface area contributed by atoms with Crippen LogP contribution in [-0.4, -0.2) is 55.0 Å². The van der Waals surface area contributed by atoms with Crippen molar-refractivity contribution in [1.29, 1.82) is 0 Å². The largest absolute Gasteiger partial charge is 0.494 e. The van der Waals surface area contributed by atoms with E-state index < -0.39 is 0 Å². The molecule has 2 N–H and O–H groups in total. The molecule has 1 saturated carbocycles. The van der Waals surface area contributed by atoms with E-state index >= 15 is 0 Å². The van der Waals surface area contributed by atoms with Gasteiger partial charge in [-0.05, 0) is 37.0 Å². The van der Waals surface area contributed by atoms with Crippen molar-refractivity contribution in [2.45, 2.75) is 38.3 Å². The number of piperazine rings is 1. The third-order valence-corrected chi connectivity index (χ3v) is 5.37. The van der Waals surface area contributed by atoms with E-state index in [0.29, 0.717) is 6.54 Å². The van der Waals surface area contributed by atoms with Crippen LogP contribution in [0.15, 0.2) is 18.2 Å². The molecule has 0 unspecified atom stereocenters. The van der Waals surface area contributed by atoms with Crippen LogP contribution in [0.5, 0.6) is 5.75 Å². The van der Waals surface area contributed by atoms with E-state index in [4.69, 9.17) is 10.5 Å². The monoisotopic (exact) mass is 349 g/mol. The van der Waals surface area contributed by atoms with Crippen molar-refractivity contribution in [3.05, 3.63) is 29.6 Å². The van der Waals surface area contributed by atoms with Crippen molar-refractivity contribution in [3.63, 3.8) is 0 Å². The van der Waals surface area contributed by atoms with Gasteiger partial charge in [0.25, 0.3) is 0 Å². The molecule has 1 saturated heterocycles. The fourth-order valence-corrected chi connectivity index (χ4v) is 3.90. The van der Waals surface area contributed by atoms with Gasteiger partial charge >= 0.3 is 0 Å². The highest BCUT2D eigenvalue weighted by Gasteiger charge is 2.30.